The largest absolute Gasteiger partial charge is 0.334 e. The second kappa shape index (κ2) is 11.9. The molecule has 44 heavy (non-hydrogen) atoms. The van der Waals surface area contributed by atoms with Crippen molar-refractivity contribution in [3.63, 3.8) is 0 Å². The van der Waals surface area contributed by atoms with Gasteiger partial charge in [0, 0.05) is 41.5 Å². The number of piperidine rings is 1. The minimum atomic E-state index is -2.78. The summed E-state index contributed by atoms with van der Waals surface area (Å²) < 4.78 is 31.1. The van der Waals surface area contributed by atoms with Crippen molar-refractivity contribution in [1.82, 2.24) is 24.3 Å². The number of carbonyl (C=O) groups excluding carboxylic acids is 2. The number of amides is 2. The first-order valence-electron chi connectivity index (χ1n) is 15.2. The molecular weight excluding hydrogens is 582 g/mol. The highest BCUT2D eigenvalue weighted by molar-refractivity contribution is 7.13. The highest BCUT2D eigenvalue weighted by Gasteiger charge is 2.42. The van der Waals surface area contributed by atoms with E-state index in [0.717, 1.165) is 63.1 Å². The van der Waals surface area contributed by atoms with Crippen molar-refractivity contribution < 1.29 is 18.4 Å². The number of thiazole rings is 1. The Labute approximate surface area is 258 Å². The monoisotopic (exact) mass is 616 g/mol. The maximum absolute atomic E-state index is 14.6. The molecule has 0 spiro atoms. The molecule has 1 saturated heterocycles. The number of aryl methyl sites for hydroxylation is 1. The van der Waals surface area contributed by atoms with E-state index >= 15 is 0 Å². The van der Waals surface area contributed by atoms with Crippen LogP contribution in [0, 0.1) is 0 Å². The zero-order valence-corrected chi connectivity index (χ0v) is 25.3. The van der Waals surface area contributed by atoms with Gasteiger partial charge in [0.25, 0.3) is 18.2 Å². The molecule has 2 aromatic heterocycles. The molecule has 7 rings (SSSR count). The molecule has 0 aliphatic carbocycles. The van der Waals surface area contributed by atoms with E-state index in [-0.39, 0.29) is 23.2 Å². The fourth-order valence-corrected chi connectivity index (χ4v) is 7.50. The van der Waals surface area contributed by atoms with Crippen molar-refractivity contribution in [1.29, 1.82) is 0 Å². The van der Waals surface area contributed by atoms with Crippen molar-refractivity contribution in [2.24, 2.45) is 0 Å². The van der Waals surface area contributed by atoms with Gasteiger partial charge >= 0.3 is 0 Å². The number of hydrogen-bond donors (Lipinski definition) is 1. The highest BCUT2D eigenvalue weighted by atomic mass is 32.1. The van der Waals surface area contributed by atoms with E-state index in [9.17, 15) is 18.4 Å². The zero-order valence-electron chi connectivity index (χ0n) is 24.5. The van der Waals surface area contributed by atoms with Gasteiger partial charge in [0.05, 0.1) is 12.0 Å². The fourth-order valence-electron chi connectivity index (χ4n) is 6.96. The molecule has 8 nitrogen and oxygen atoms in total. The number of benzene rings is 2. The molecule has 1 unspecified atom stereocenters. The number of alkyl halides is 2. The Balaban J connectivity index is 1.21. The standard InChI is InChI=1S/C33H34F2N6O2S/c1-2-39-13-9-22(10-14-39)20-5-7-21(8-6-20)23-16-24(30(34)35)26-18-41(32(43)25(26)17-23)29(31(42)38-33-36-11-15-44-33)28-27-4-3-12-40(27)19-37-28/h5-8,11,15-17,19,22,29-30H,2-4,9-10,12-14,18H2,1H3,(H,36,38,42). The molecule has 3 aliphatic rings. The van der Waals surface area contributed by atoms with E-state index in [1.54, 1.807) is 24.0 Å². The average molecular weight is 617 g/mol. The number of rotatable bonds is 8. The number of nitrogens with one attached hydrogen (secondary N) is 1. The lowest BCUT2D eigenvalue weighted by atomic mass is 9.88. The maximum Gasteiger partial charge on any atom is 0.264 e. The summed E-state index contributed by atoms with van der Waals surface area (Å²) >= 11 is 1.27. The van der Waals surface area contributed by atoms with Gasteiger partial charge < -0.3 is 14.4 Å². The number of anilines is 1. The quantitative estimate of drug-likeness (QED) is 0.247. The van der Waals surface area contributed by atoms with Crippen LogP contribution in [0.3, 0.4) is 0 Å². The van der Waals surface area contributed by atoms with Crippen LogP contribution in [0.5, 0.6) is 0 Å². The summed E-state index contributed by atoms with van der Waals surface area (Å²) in [5.41, 5.74) is 4.25. The number of halogens is 2. The van der Waals surface area contributed by atoms with Gasteiger partial charge in [-0.15, -0.1) is 11.3 Å². The Morgan fingerprint density at radius 1 is 1.09 bits per heavy atom. The summed E-state index contributed by atoms with van der Waals surface area (Å²) in [7, 11) is 0. The Bertz CT molecular complexity index is 1680. The average Bonchev–Trinajstić information content (AvgIpc) is 3.85. The molecule has 2 aromatic carbocycles. The molecule has 2 amide bonds. The number of carbonyl (C=O) groups is 2. The van der Waals surface area contributed by atoms with Crippen LogP contribution >= 0.6 is 11.3 Å². The van der Waals surface area contributed by atoms with E-state index in [2.05, 4.69) is 39.2 Å². The minimum Gasteiger partial charge on any atom is -0.334 e. The van der Waals surface area contributed by atoms with E-state index in [0.29, 0.717) is 22.3 Å². The van der Waals surface area contributed by atoms with E-state index in [4.69, 9.17) is 0 Å². The Hall–Kier alpha value is -3.96. The summed E-state index contributed by atoms with van der Waals surface area (Å²) in [4.78, 5) is 40.4. The number of fused-ring (bicyclic) bond motifs is 2. The minimum absolute atomic E-state index is 0.105. The summed E-state index contributed by atoms with van der Waals surface area (Å²) in [5.74, 6) is -0.439. The molecule has 228 valence electrons. The van der Waals surface area contributed by atoms with Gasteiger partial charge in [-0.05, 0) is 85.6 Å². The number of aromatic nitrogens is 3. The van der Waals surface area contributed by atoms with Crippen LogP contribution in [0.2, 0.25) is 0 Å². The van der Waals surface area contributed by atoms with E-state index < -0.39 is 24.3 Å². The van der Waals surface area contributed by atoms with Gasteiger partial charge in [-0.3, -0.25) is 14.9 Å². The van der Waals surface area contributed by atoms with Gasteiger partial charge in [0.1, 0.15) is 0 Å². The number of nitrogens with zero attached hydrogens (tertiary/aromatic N) is 5. The zero-order chi connectivity index (χ0) is 30.4. The first kappa shape index (κ1) is 28.8. The molecule has 0 saturated carbocycles. The summed E-state index contributed by atoms with van der Waals surface area (Å²) in [6, 6.07) is 10.2. The maximum atomic E-state index is 14.6. The van der Waals surface area contributed by atoms with Crippen molar-refractivity contribution in [3.8, 4) is 11.1 Å². The van der Waals surface area contributed by atoms with Crippen LogP contribution in [0.4, 0.5) is 13.9 Å². The Morgan fingerprint density at radius 3 is 2.59 bits per heavy atom. The van der Waals surface area contributed by atoms with Gasteiger partial charge in [-0.1, -0.05) is 31.2 Å². The fraction of sp³-hybridized carbons (Fsp3) is 0.394. The predicted molar refractivity (Wildman–Crippen MR) is 165 cm³/mol. The third-order valence-corrected chi connectivity index (χ3v) is 10.1. The molecule has 4 aromatic rings. The molecule has 0 bridgehead atoms. The van der Waals surface area contributed by atoms with Crippen LogP contribution in [0.1, 0.15) is 83.0 Å². The van der Waals surface area contributed by atoms with Crippen LogP contribution in [0.15, 0.2) is 54.3 Å². The molecule has 11 heteroatoms. The SMILES string of the molecule is CCN1CCC(c2ccc(-c3cc4c(c(C(F)F)c3)CN(C(C(=O)Nc3nccs3)c3ncn5c3CCC5)C4=O)cc2)CC1. The number of imidazole rings is 1. The van der Waals surface area contributed by atoms with E-state index in [1.165, 1.54) is 27.9 Å². The Morgan fingerprint density at radius 2 is 1.89 bits per heavy atom. The summed E-state index contributed by atoms with van der Waals surface area (Å²) in [6.07, 6.45) is 4.33. The normalized spacial score (nSPS) is 17.7. The van der Waals surface area contributed by atoms with Crippen molar-refractivity contribution >= 4 is 28.3 Å². The smallest absolute Gasteiger partial charge is 0.264 e. The summed E-state index contributed by atoms with van der Waals surface area (Å²) in [5, 5.41) is 4.95. The first-order chi connectivity index (χ1) is 21.4. The second-order valence-corrected chi connectivity index (χ2v) is 12.7. The van der Waals surface area contributed by atoms with Crippen molar-refractivity contribution in [3.05, 3.63) is 87.9 Å². The highest BCUT2D eigenvalue weighted by Crippen LogP contribution is 2.41. The van der Waals surface area contributed by atoms with Gasteiger partial charge in [-0.2, -0.15) is 0 Å². The number of hydrogen-bond acceptors (Lipinski definition) is 6. The predicted octanol–water partition coefficient (Wildman–Crippen LogP) is 6.43. The van der Waals surface area contributed by atoms with Gasteiger partial charge in [0.15, 0.2) is 11.2 Å². The van der Waals surface area contributed by atoms with Crippen LogP contribution in [0.25, 0.3) is 11.1 Å². The van der Waals surface area contributed by atoms with Crippen LogP contribution < -0.4 is 5.32 Å². The van der Waals surface area contributed by atoms with Crippen LogP contribution in [-0.4, -0.2) is 55.8 Å². The van der Waals surface area contributed by atoms with Gasteiger partial charge in [-0.25, -0.2) is 18.7 Å². The van der Waals surface area contributed by atoms with Crippen LogP contribution in [-0.2, 0) is 24.3 Å². The molecule has 1 atom stereocenters. The first-order valence-corrected chi connectivity index (χ1v) is 16.1. The third-order valence-electron chi connectivity index (χ3n) is 9.36. The lowest BCUT2D eigenvalue weighted by Gasteiger charge is -2.31. The molecule has 1 N–H and O–H groups in total. The lowest BCUT2D eigenvalue weighted by Crippen LogP contribution is -2.38. The third kappa shape index (κ3) is 5.21. The molecular formula is C33H34F2N6O2S. The van der Waals surface area contributed by atoms with Gasteiger partial charge in [0.2, 0.25) is 0 Å². The second-order valence-electron chi connectivity index (χ2n) is 11.8. The molecule has 3 aliphatic heterocycles. The molecule has 1 fully saturated rings. The number of likely N-dealkylation sites (tertiary alicyclic amines) is 1. The van der Waals surface area contributed by atoms with E-state index in [1.807, 2.05) is 16.7 Å². The topological polar surface area (TPSA) is 83.4 Å². The molecule has 0 radical (unpaired) electrons. The lowest BCUT2D eigenvalue weighted by molar-refractivity contribution is -0.121. The molecule has 5 heterocycles. The summed E-state index contributed by atoms with van der Waals surface area (Å²) in [6.45, 7) is 6.08. The van der Waals surface area contributed by atoms with Crippen molar-refractivity contribution in [2.75, 3.05) is 25.0 Å². The Kier molecular flexibility index (Phi) is 7.75. The van der Waals surface area contributed by atoms with Crippen molar-refractivity contribution in [2.45, 2.75) is 64.1 Å².